The molecule has 21 heavy (non-hydrogen) atoms. The van der Waals surface area contributed by atoms with Gasteiger partial charge in [0, 0.05) is 18.1 Å². The van der Waals surface area contributed by atoms with Crippen LogP contribution in [0.25, 0.3) is 16.5 Å². The minimum absolute atomic E-state index is 0.575. The Kier molecular flexibility index (Phi) is 4.41. The second-order valence-electron chi connectivity index (χ2n) is 5.53. The Balaban J connectivity index is 1.84. The number of hydrogen-bond donors (Lipinski definition) is 1. The van der Waals surface area contributed by atoms with Gasteiger partial charge in [0.05, 0.1) is 12.2 Å². The Morgan fingerprint density at radius 1 is 1.24 bits per heavy atom. The number of fused-ring (bicyclic) bond motifs is 1. The van der Waals surface area contributed by atoms with E-state index >= 15 is 0 Å². The van der Waals surface area contributed by atoms with Crippen LogP contribution in [0.3, 0.4) is 0 Å². The van der Waals surface area contributed by atoms with E-state index in [0.29, 0.717) is 6.67 Å². The number of pyridine rings is 1. The van der Waals surface area contributed by atoms with Crippen molar-refractivity contribution in [3.8, 4) is 0 Å². The van der Waals surface area contributed by atoms with Crippen molar-refractivity contribution < 1.29 is 0 Å². The zero-order valence-electron chi connectivity index (χ0n) is 12.3. The minimum atomic E-state index is 0.575. The van der Waals surface area contributed by atoms with Crippen molar-refractivity contribution in [1.82, 2.24) is 10.3 Å². The molecule has 1 aliphatic carbocycles. The molecule has 0 radical (unpaired) electrons. The van der Waals surface area contributed by atoms with Gasteiger partial charge in [-0.25, -0.2) is 0 Å². The van der Waals surface area contributed by atoms with Gasteiger partial charge in [-0.05, 0) is 61.2 Å². The highest BCUT2D eigenvalue weighted by Crippen LogP contribution is 2.28. The van der Waals surface area contributed by atoms with Gasteiger partial charge in [0.25, 0.3) is 0 Å². The number of nitrogens with zero attached hydrogens (tertiary/aromatic N) is 2. The third kappa shape index (κ3) is 3.37. The molecule has 0 bridgehead atoms. The summed E-state index contributed by atoms with van der Waals surface area (Å²) in [6.07, 6.45) is 9.36. The Morgan fingerprint density at radius 2 is 2.19 bits per heavy atom. The van der Waals surface area contributed by atoms with E-state index in [0.717, 1.165) is 12.1 Å². The van der Waals surface area contributed by atoms with Crippen molar-refractivity contribution >= 4 is 23.2 Å². The van der Waals surface area contributed by atoms with Crippen molar-refractivity contribution in [3.05, 3.63) is 47.7 Å². The Hall–Kier alpha value is -2.00. The lowest BCUT2D eigenvalue weighted by molar-refractivity contribution is 0.712. The molecule has 3 nitrogen and oxygen atoms in total. The molecule has 0 fully saturated rings. The molecule has 0 saturated heterocycles. The molecule has 0 atom stereocenters. The Bertz CT molecular complexity index is 673. The zero-order valence-corrected chi connectivity index (χ0v) is 12.3. The molecule has 3 rings (SSSR count). The van der Waals surface area contributed by atoms with Gasteiger partial charge < -0.3 is 0 Å². The fourth-order valence-electron chi connectivity index (χ4n) is 2.84. The molecule has 1 aliphatic rings. The molecule has 3 heteroatoms. The van der Waals surface area contributed by atoms with Crippen molar-refractivity contribution in [2.75, 3.05) is 6.67 Å². The fourth-order valence-corrected chi connectivity index (χ4v) is 2.84. The maximum absolute atomic E-state index is 4.60. The molecule has 2 aromatic rings. The highest BCUT2D eigenvalue weighted by Gasteiger charge is 2.07. The maximum Gasteiger partial charge on any atom is 0.0879 e. The molecule has 1 aromatic heterocycles. The van der Waals surface area contributed by atoms with Crippen LogP contribution in [0, 0.1) is 0 Å². The average Bonchev–Trinajstić information content (AvgIpc) is 2.55. The van der Waals surface area contributed by atoms with Crippen LogP contribution in [0.5, 0.6) is 0 Å². The number of aliphatic imine (C=N–C) groups is 1. The largest absolute Gasteiger partial charge is 0.294 e. The smallest absolute Gasteiger partial charge is 0.0879 e. The summed E-state index contributed by atoms with van der Waals surface area (Å²) in [5.74, 6) is 0. The Morgan fingerprint density at radius 3 is 3.00 bits per heavy atom. The second-order valence-corrected chi connectivity index (χ2v) is 5.53. The first-order valence-corrected chi connectivity index (χ1v) is 7.58. The third-order valence-electron chi connectivity index (χ3n) is 3.96. The fraction of sp³-hybridized carbons (Fsp3) is 0.333. The van der Waals surface area contributed by atoms with Crippen LogP contribution in [-0.4, -0.2) is 18.4 Å². The maximum atomic E-state index is 4.60. The Labute approximate surface area is 125 Å². The molecule has 0 aliphatic heterocycles. The summed E-state index contributed by atoms with van der Waals surface area (Å²) in [7, 11) is 0. The monoisotopic (exact) mass is 279 g/mol. The van der Waals surface area contributed by atoms with E-state index in [2.05, 4.69) is 52.4 Å². The van der Waals surface area contributed by atoms with Gasteiger partial charge in [0.15, 0.2) is 0 Å². The number of hydrogen-bond acceptors (Lipinski definition) is 3. The van der Waals surface area contributed by atoms with E-state index in [-0.39, 0.29) is 0 Å². The average molecular weight is 279 g/mol. The first-order valence-electron chi connectivity index (χ1n) is 7.58. The lowest BCUT2D eigenvalue weighted by Gasteiger charge is -2.13. The summed E-state index contributed by atoms with van der Waals surface area (Å²) in [6, 6.07) is 8.82. The summed E-state index contributed by atoms with van der Waals surface area (Å²) in [5.41, 5.74) is 5.06. The SMILES string of the molecule is C=NCNCc1cnc2cc(C3=CCCCC3)ccc2c1. The van der Waals surface area contributed by atoms with E-state index in [1.165, 1.54) is 47.8 Å². The lowest BCUT2D eigenvalue weighted by Crippen LogP contribution is -2.12. The van der Waals surface area contributed by atoms with Crippen molar-refractivity contribution in [2.45, 2.75) is 32.2 Å². The quantitative estimate of drug-likeness (QED) is 0.665. The second kappa shape index (κ2) is 6.64. The molecule has 1 N–H and O–H groups in total. The number of nitrogens with one attached hydrogen (secondary N) is 1. The van der Waals surface area contributed by atoms with Gasteiger partial charge in [0.2, 0.25) is 0 Å². The highest BCUT2D eigenvalue weighted by molar-refractivity contribution is 5.83. The summed E-state index contributed by atoms with van der Waals surface area (Å²) in [5, 5.41) is 4.40. The first-order chi connectivity index (χ1) is 10.4. The third-order valence-corrected chi connectivity index (χ3v) is 3.96. The molecular formula is C18H21N3. The molecular weight excluding hydrogens is 258 g/mol. The number of aromatic nitrogens is 1. The van der Waals surface area contributed by atoms with Crippen molar-refractivity contribution in [1.29, 1.82) is 0 Å². The van der Waals surface area contributed by atoms with E-state index in [9.17, 15) is 0 Å². The number of allylic oxidation sites excluding steroid dienone is 2. The summed E-state index contributed by atoms with van der Waals surface area (Å²) in [4.78, 5) is 8.39. The molecule has 0 spiro atoms. The predicted molar refractivity (Wildman–Crippen MR) is 89.4 cm³/mol. The standard InChI is InChI=1S/C18H21N3/c1-19-13-20-11-14-9-17-8-7-16(10-18(17)21-12-14)15-5-3-2-4-6-15/h5,7-10,12,20H,1-4,6,11,13H2. The van der Waals surface area contributed by atoms with Crippen LogP contribution in [0.15, 0.2) is 41.5 Å². The van der Waals surface area contributed by atoms with Gasteiger partial charge in [-0.1, -0.05) is 18.2 Å². The van der Waals surface area contributed by atoms with Gasteiger partial charge >= 0.3 is 0 Å². The zero-order chi connectivity index (χ0) is 14.5. The summed E-state index contributed by atoms with van der Waals surface area (Å²) >= 11 is 0. The first kappa shape index (κ1) is 14.0. The van der Waals surface area contributed by atoms with E-state index in [1.54, 1.807) is 0 Å². The van der Waals surface area contributed by atoms with E-state index in [4.69, 9.17) is 0 Å². The molecule has 0 saturated carbocycles. The molecule has 108 valence electrons. The highest BCUT2D eigenvalue weighted by atomic mass is 15.0. The summed E-state index contributed by atoms with van der Waals surface area (Å²) < 4.78 is 0. The van der Waals surface area contributed by atoms with Crippen molar-refractivity contribution in [2.24, 2.45) is 4.99 Å². The summed E-state index contributed by atoms with van der Waals surface area (Å²) in [6.45, 7) is 4.81. The molecule has 0 unspecified atom stereocenters. The van der Waals surface area contributed by atoms with Crippen LogP contribution >= 0.6 is 0 Å². The van der Waals surface area contributed by atoms with E-state index in [1.807, 2.05) is 6.20 Å². The van der Waals surface area contributed by atoms with Crippen LogP contribution < -0.4 is 5.32 Å². The van der Waals surface area contributed by atoms with Crippen molar-refractivity contribution in [3.63, 3.8) is 0 Å². The van der Waals surface area contributed by atoms with Gasteiger partial charge in [0.1, 0.15) is 0 Å². The van der Waals surface area contributed by atoms with Gasteiger partial charge in [-0.3, -0.25) is 15.3 Å². The van der Waals surface area contributed by atoms with Gasteiger partial charge in [-0.15, -0.1) is 0 Å². The van der Waals surface area contributed by atoms with Crippen LogP contribution in [0.1, 0.15) is 36.8 Å². The van der Waals surface area contributed by atoms with Crippen LogP contribution in [-0.2, 0) is 6.54 Å². The topological polar surface area (TPSA) is 37.3 Å². The van der Waals surface area contributed by atoms with E-state index < -0.39 is 0 Å². The normalized spacial score (nSPS) is 15.0. The van der Waals surface area contributed by atoms with Crippen LogP contribution in [0.2, 0.25) is 0 Å². The van der Waals surface area contributed by atoms with Crippen LogP contribution in [0.4, 0.5) is 0 Å². The number of benzene rings is 1. The lowest BCUT2D eigenvalue weighted by atomic mass is 9.93. The minimum Gasteiger partial charge on any atom is -0.294 e. The molecule has 1 heterocycles. The molecule has 1 aromatic carbocycles. The van der Waals surface area contributed by atoms with Gasteiger partial charge in [-0.2, -0.15) is 0 Å². The number of rotatable bonds is 5. The predicted octanol–water partition coefficient (Wildman–Crippen LogP) is 3.94. The molecule has 0 amide bonds.